The summed E-state index contributed by atoms with van der Waals surface area (Å²) in [6.45, 7) is 3.62. The van der Waals surface area contributed by atoms with Gasteiger partial charge in [-0.3, -0.25) is 19.2 Å². The first-order valence-electron chi connectivity index (χ1n) is 10.2. The van der Waals surface area contributed by atoms with Crippen molar-refractivity contribution in [2.24, 2.45) is 7.05 Å². The number of hydrogen-bond donors (Lipinski definition) is 1. The Bertz CT molecular complexity index is 1350. The molecular weight excluding hydrogens is 394 g/mol. The van der Waals surface area contributed by atoms with E-state index in [2.05, 4.69) is 14.9 Å². The molecule has 0 aliphatic carbocycles. The third-order valence-corrected chi connectivity index (χ3v) is 5.96. The topological polar surface area (TPSA) is 89.1 Å². The number of furan rings is 1. The number of hydrogen-bond acceptors (Lipinski definition) is 5. The summed E-state index contributed by atoms with van der Waals surface area (Å²) in [5.41, 5.74) is 3.74. The molecule has 0 atom stereocenters. The molecule has 0 bridgehead atoms. The molecule has 0 amide bonds. The summed E-state index contributed by atoms with van der Waals surface area (Å²) < 4.78 is 8.93. The van der Waals surface area contributed by atoms with E-state index < -0.39 is 0 Å². The second kappa shape index (κ2) is 7.55. The Labute approximate surface area is 178 Å². The van der Waals surface area contributed by atoms with Crippen LogP contribution in [0.25, 0.3) is 17.3 Å². The number of benzene rings is 1. The predicted molar refractivity (Wildman–Crippen MR) is 116 cm³/mol. The van der Waals surface area contributed by atoms with Gasteiger partial charge in [0.05, 0.1) is 28.8 Å². The maximum Gasteiger partial charge on any atom is 0.276 e. The summed E-state index contributed by atoms with van der Waals surface area (Å²) in [6.07, 6.45) is 2.20. The van der Waals surface area contributed by atoms with Crippen molar-refractivity contribution in [1.29, 1.82) is 0 Å². The molecule has 0 fully saturated rings. The van der Waals surface area contributed by atoms with E-state index in [1.165, 1.54) is 0 Å². The predicted octanol–water partition coefficient (Wildman–Crippen LogP) is 2.39. The van der Waals surface area contributed by atoms with Gasteiger partial charge in [-0.2, -0.15) is 0 Å². The van der Waals surface area contributed by atoms with Crippen molar-refractivity contribution in [3.05, 3.63) is 92.0 Å². The Balaban J connectivity index is 1.44. The van der Waals surface area contributed by atoms with Gasteiger partial charge in [-0.25, -0.2) is 9.67 Å². The van der Waals surface area contributed by atoms with Crippen LogP contribution in [0.1, 0.15) is 22.5 Å². The number of aromatic amines is 1. The fourth-order valence-electron chi connectivity index (χ4n) is 4.18. The lowest BCUT2D eigenvalue weighted by Crippen LogP contribution is -2.36. The van der Waals surface area contributed by atoms with Crippen LogP contribution in [0.2, 0.25) is 0 Å². The van der Waals surface area contributed by atoms with Crippen molar-refractivity contribution in [3.63, 3.8) is 0 Å². The highest BCUT2D eigenvalue weighted by Gasteiger charge is 2.25. The Morgan fingerprint density at radius 1 is 1.13 bits per heavy atom. The average Bonchev–Trinajstić information content (AvgIpc) is 3.39. The molecule has 158 valence electrons. The van der Waals surface area contributed by atoms with Crippen LogP contribution in [0.3, 0.4) is 0 Å². The summed E-state index contributed by atoms with van der Waals surface area (Å²) in [4.78, 5) is 35.5. The molecule has 5 rings (SSSR count). The lowest BCUT2D eigenvalue weighted by atomic mass is 10.1. The average molecular weight is 417 g/mol. The molecule has 1 N–H and O–H groups in total. The van der Waals surface area contributed by atoms with E-state index in [9.17, 15) is 9.59 Å². The van der Waals surface area contributed by atoms with Crippen LogP contribution in [-0.2, 0) is 26.6 Å². The number of nitrogens with zero attached hydrogens (tertiary/aromatic N) is 4. The molecule has 8 heteroatoms. The third kappa shape index (κ3) is 3.34. The summed E-state index contributed by atoms with van der Waals surface area (Å²) in [5, 5.41) is 0. The molecule has 4 heterocycles. The quantitative estimate of drug-likeness (QED) is 0.551. The minimum Gasteiger partial charge on any atom is -0.461 e. The van der Waals surface area contributed by atoms with Crippen LogP contribution in [-0.4, -0.2) is 30.8 Å². The molecule has 0 unspecified atom stereocenters. The Hall–Kier alpha value is -3.65. The molecule has 1 aromatic carbocycles. The maximum atomic E-state index is 13.2. The summed E-state index contributed by atoms with van der Waals surface area (Å²) >= 11 is 0. The third-order valence-electron chi connectivity index (χ3n) is 5.96. The van der Waals surface area contributed by atoms with Crippen LogP contribution >= 0.6 is 0 Å². The molecule has 0 saturated heterocycles. The van der Waals surface area contributed by atoms with Crippen LogP contribution < -0.4 is 11.1 Å². The first kappa shape index (κ1) is 19.3. The smallest absolute Gasteiger partial charge is 0.276 e. The van der Waals surface area contributed by atoms with Gasteiger partial charge in [-0.05, 0) is 31.2 Å². The van der Waals surface area contributed by atoms with Gasteiger partial charge < -0.3 is 9.40 Å². The summed E-state index contributed by atoms with van der Waals surface area (Å²) in [7, 11) is 1.89. The zero-order valence-corrected chi connectivity index (χ0v) is 17.5. The molecule has 0 radical (unpaired) electrons. The largest absolute Gasteiger partial charge is 0.461 e. The van der Waals surface area contributed by atoms with Crippen LogP contribution in [0, 0.1) is 6.92 Å². The van der Waals surface area contributed by atoms with Gasteiger partial charge in [0, 0.05) is 38.8 Å². The summed E-state index contributed by atoms with van der Waals surface area (Å²) in [5.74, 6) is 0.996. The van der Waals surface area contributed by atoms with Gasteiger partial charge in [0.25, 0.3) is 11.1 Å². The van der Waals surface area contributed by atoms with E-state index in [0.717, 1.165) is 29.2 Å². The van der Waals surface area contributed by atoms with E-state index in [0.29, 0.717) is 36.7 Å². The van der Waals surface area contributed by atoms with E-state index in [4.69, 9.17) is 4.42 Å². The van der Waals surface area contributed by atoms with Crippen LogP contribution in [0.15, 0.2) is 62.7 Å². The zero-order chi connectivity index (χ0) is 21.5. The van der Waals surface area contributed by atoms with Crippen molar-refractivity contribution in [3.8, 4) is 17.3 Å². The van der Waals surface area contributed by atoms with E-state index in [-0.39, 0.29) is 11.1 Å². The van der Waals surface area contributed by atoms with Crippen molar-refractivity contribution >= 4 is 0 Å². The molecule has 1 aliphatic rings. The van der Waals surface area contributed by atoms with Gasteiger partial charge in [0.2, 0.25) is 0 Å². The highest BCUT2D eigenvalue weighted by Crippen LogP contribution is 2.21. The number of nitrogens with one attached hydrogen (secondary N) is 1. The molecule has 1 aliphatic heterocycles. The molecule has 8 nitrogen and oxygen atoms in total. The first-order valence-corrected chi connectivity index (χ1v) is 10.2. The first-order chi connectivity index (χ1) is 15.0. The van der Waals surface area contributed by atoms with Crippen molar-refractivity contribution in [2.75, 3.05) is 6.54 Å². The highest BCUT2D eigenvalue weighted by molar-refractivity contribution is 5.47. The van der Waals surface area contributed by atoms with Crippen molar-refractivity contribution in [1.82, 2.24) is 24.2 Å². The maximum absolute atomic E-state index is 13.2. The van der Waals surface area contributed by atoms with Gasteiger partial charge in [0.15, 0.2) is 11.6 Å². The van der Waals surface area contributed by atoms with E-state index in [1.54, 1.807) is 23.1 Å². The molecule has 4 aromatic rings. The van der Waals surface area contributed by atoms with E-state index >= 15 is 0 Å². The highest BCUT2D eigenvalue weighted by atomic mass is 16.3. The lowest BCUT2D eigenvalue weighted by molar-refractivity contribution is 0.240. The van der Waals surface area contributed by atoms with E-state index in [1.807, 2.05) is 49.0 Å². The number of para-hydroxylation sites is 1. The fourth-order valence-corrected chi connectivity index (χ4v) is 4.18. The van der Waals surface area contributed by atoms with Crippen LogP contribution in [0.4, 0.5) is 0 Å². The molecule has 31 heavy (non-hydrogen) atoms. The Morgan fingerprint density at radius 3 is 2.68 bits per heavy atom. The Kier molecular flexibility index (Phi) is 4.71. The van der Waals surface area contributed by atoms with Crippen molar-refractivity contribution in [2.45, 2.75) is 26.4 Å². The van der Waals surface area contributed by atoms with Crippen molar-refractivity contribution < 1.29 is 4.42 Å². The minimum absolute atomic E-state index is 0.0304. The normalized spacial score (nSPS) is 14.0. The standard InChI is InChI=1S/C23H23N5O3/c1-15-17(23(30)28(26(15)2)16-7-4-3-5-8-16)13-27-11-10-19-18(14-27)22(29)25-21(24-19)20-9-6-12-31-20/h3-9,12H,10-11,13-14H2,1-2H3,(H,24,25,29). The Morgan fingerprint density at radius 2 is 1.94 bits per heavy atom. The molecule has 0 saturated carbocycles. The van der Waals surface area contributed by atoms with Crippen LogP contribution in [0.5, 0.6) is 0 Å². The number of aromatic nitrogens is 4. The number of fused-ring (bicyclic) bond motifs is 1. The van der Waals surface area contributed by atoms with Gasteiger partial charge >= 0.3 is 0 Å². The summed E-state index contributed by atoms with van der Waals surface area (Å²) in [6, 6.07) is 13.1. The fraction of sp³-hybridized carbons (Fsp3) is 0.261. The zero-order valence-electron chi connectivity index (χ0n) is 17.5. The molecule has 0 spiro atoms. The van der Waals surface area contributed by atoms with Gasteiger partial charge in [0.1, 0.15) is 0 Å². The van der Waals surface area contributed by atoms with Gasteiger partial charge in [-0.1, -0.05) is 18.2 Å². The SMILES string of the molecule is Cc1c(CN2CCc3nc(-c4ccco4)[nH]c(=O)c3C2)c(=O)n(-c2ccccc2)n1C. The molecular formula is C23H23N5O3. The molecule has 3 aromatic heterocycles. The second-order valence-electron chi connectivity index (χ2n) is 7.82. The monoisotopic (exact) mass is 417 g/mol. The number of rotatable bonds is 4. The minimum atomic E-state index is -0.160. The number of H-pyrrole nitrogens is 1. The second-order valence-corrected chi connectivity index (χ2v) is 7.82. The lowest BCUT2D eigenvalue weighted by Gasteiger charge is -2.27. The van der Waals surface area contributed by atoms with Gasteiger partial charge in [-0.15, -0.1) is 0 Å².